The van der Waals surface area contributed by atoms with E-state index in [-0.39, 0.29) is 5.41 Å². The molecule has 5 heteroatoms. The van der Waals surface area contributed by atoms with Gasteiger partial charge >= 0.3 is 0 Å². The van der Waals surface area contributed by atoms with E-state index < -0.39 is 10.0 Å². The van der Waals surface area contributed by atoms with Gasteiger partial charge in [0, 0.05) is 13.1 Å². The molecule has 19 heavy (non-hydrogen) atoms. The number of rotatable bonds is 3. The monoisotopic (exact) mass is 284 g/mol. The third-order valence-corrected chi connectivity index (χ3v) is 6.70. The zero-order valence-electron chi connectivity index (χ0n) is 11.8. The highest BCUT2D eigenvalue weighted by molar-refractivity contribution is 7.89. The molecule has 1 saturated carbocycles. The zero-order chi connectivity index (χ0) is 13.9. The van der Waals surface area contributed by atoms with Crippen LogP contribution in [0.1, 0.15) is 51.9 Å². The Bertz CT molecular complexity index is 439. The minimum atomic E-state index is -3.12. The number of nitriles is 1. The standard InChI is InChI=1S/C14H24N2O2S/c1-14(12-15)7-9-16(10-8-14)19(17,18)11-13-5-3-2-4-6-13/h13H,2-11H2,1H3. The number of hydrogen-bond donors (Lipinski definition) is 0. The Morgan fingerprint density at radius 2 is 1.79 bits per heavy atom. The summed E-state index contributed by atoms with van der Waals surface area (Å²) in [6.45, 7) is 2.95. The maximum absolute atomic E-state index is 12.4. The molecule has 0 aromatic heterocycles. The minimum Gasteiger partial charge on any atom is -0.212 e. The van der Waals surface area contributed by atoms with Crippen molar-refractivity contribution in [1.29, 1.82) is 5.26 Å². The molecule has 0 spiro atoms. The highest BCUT2D eigenvalue weighted by Crippen LogP contribution is 2.32. The molecule has 0 unspecified atom stereocenters. The molecule has 0 N–H and O–H groups in total. The van der Waals surface area contributed by atoms with Gasteiger partial charge in [-0.15, -0.1) is 0 Å². The second-order valence-corrected chi connectivity index (χ2v) is 8.37. The van der Waals surface area contributed by atoms with Crippen molar-refractivity contribution in [3.05, 3.63) is 0 Å². The van der Waals surface area contributed by atoms with E-state index in [9.17, 15) is 8.42 Å². The van der Waals surface area contributed by atoms with Gasteiger partial charge in [0.2, 0.25) is 10.0 Å². The van der Waals surface area contributed by atoms with E-state index >= 15 is 0 Å². The van der Waals surface area contributed by atoms with Crippen molar-refractivity contribution in [2.45, 2.75) is 51.9 Å². The Hall–Kier alpha value is -0.600. The molecule has 1 saturated heterocycles. The topological polar surface area (TPSA) is 61.2 Å². The Morgan fingerprint density at radius 1 is 1.21 bits per heavy atom. The normalized spacial score (nSPS) is 25.9. The summed E-state index contributed by atoms with van der Waals surface area (Å²) < 4.78 is 26.4. The van der Waals surface area contributed by atoms with Crippen molar-refractivity contribution in [2.24, 2.45) is 11.3 Å². The van der Waals surface area contributed by atoms with Crippen molar-refractivity contribution in [3.63, 3.8) is 0 Å². The highest BCUT2D eigenvalue weighted by Gasteiger charge is 2.35. The molecule has 0 radical (unpaired) electrons. The second kappa shape index (κ2) is 5.80. The van der Waals surface area contributed by atoms with Gasteiger partial charge in [-0.1, -0.05) is 19.3 Å². The largest absolute Gasteiger partial charge is 0.214 e. The van der Waals surface area contributed by atoms with Crippen molar-refractivity contribution >= 4 is 10.0 Å². The van der Waals surface area contributed by atoms with Crippen molar-refractivity contribution in [3.8, 4) is 6.07 Å². The SMILES string of the molecule is CC1(C#N)CCN(S(=O)(=O)CC2CCCCC2)CC1. The number of piperidine rings is 1. The first-order valence-corrected chi connectivity index (χ1v) is 8.95. The van der Waals surface area contributed by atoms with E-state index in [2.05, 4.69) is 6.07 Å². The van der Waals surface area contributed by atoms with Crippen LogP contribution in [0.25, 0.3) is 0 Å². The molecule has 1 heterocycles. The van der Waals surface area contributed by atoms with Crippen LogP contribution in [0.15, 0.2) is 0 Å². The lowest BCUT2D eigenvalue weighted by Crippen LogP contribution is -2.43. The molecule has 0 aromatic rings. The van der Waals surface area contributed by atoms with Gasteiger partial charge in [-0.05, 0) is 38.5 Å². The van der Waals surface area contributed by atoms with Gasteiger partial charge in [0.05, 0.1) is 17.2 Å². The molecule has 0 atom stereocenters. The lowest BCUT2D eigenvalue weighted by atomic mass is 9.83. The average Bonchev–Trinajstić information content (AvgIpc) is 2.40. The summed E-state index contributed by atoms with van der Waals surface area (Å²) in [7, 11) is -3.12. The summed E-state index contributed by atoms with van der Waals surface area (Å²) in [4.78, 5) is 0. The fourth-order valence-corrected chi connectivity index (χ4v) is 5.01. The molecule has 0 bridgehead atoms. The van der Waals surface area contributed by atoms with Crippen molar-refractivity contribution in [2.75, 3.05) is 18.8 Å². The van der Waals surface area contributed by atoms with E-state index in [4.69, 9.17) is 5.26 Å². The van der Waals surface area contributed by atoms with Crippen LogP contribution in [0.5, 0.6) is 0 Å². The Balaban J connectivity index is 1.92. The smallest absolute Gasteiger partial charge is 0.212 e. The molecule has 108 valence electrons. The van der Waals surface area contributed by atoms with E-state index in [1.165, 1.54) is 19.3 Å². The van der Waals surface area contributed by atoms with Crippen molar-refractivity contribution in [1.82, 2.24) is 4.31 Å². The summed E-state index contributed by atoms with van der Waals surface area (Å²) in [6.07, 6.45) is 7.03. The van der Waals surface area contributed by atoms with Gasteiger partial charge in [0.15, 0.2) is 0 Å². The average molecular weight is 284 g/mol. The van der Waals surface area contributed by atoms with Crippen LogP contribution < -0.4 is 0 Å². The van der Waals surface area contributed by atoms with E-state index in [1.54, 1.807) is 4.31 Å². The van der Waals surface area contributed by atoms with Gasteiger partial charge in [-0.3, -0.25) is 0 Å². The van der Waals surface area contributed by atoms with Crippen LogP contribution in [0.2, 0.25) is 0 Å². The molecule has 2 aliphatic rings. The summed E-state index contributed by atoms with van der Waals surface area (Å²) >= 11 is 0. The van der Waals surface area contributed by atoms with Gasteiger partial charge in [-0.2, -0.15) is 5.26 Å². The summed E-state index contributed by atoms with van der Waals surface area (Å²) in [6, 6.07) is 2.31. The van der Waals surface area contributed by atoms with Gasteiger partial charge < -0.3 is 0 Å². The number of nitrogens with zero attached hydrogens (tertiary/aromatic N) is 2. The molecule has 2 rings (SSSR count). The fraction of sp³-hybridized carbons (Fsp3) is 0.929. The summed E-state index contributed by atoms with van der Waals surface area (Å²) in [5.74, 6) is 0.666. The molecule has 0 aromatic carbocycles. The van der Waals surface area contributed by atoms with Gasteiger partial charge in [0.1, 0.15) is 0 Å². The molecular weight excluding hydrogens is 260 g/mol. The van der Waals surface area contributed by atoms with E-state index in [1.807, 2.05) is 6.92 Å². The molecule has 4 nitrogen and oxygen atoms in total. The molecule has 0 amide bonds. The zero-order valence-corrected chi connectivity index (χ0v) is 12.6. The first-order valence-electron chi connectivity index (χ1n) is 7.34. The predicted molar refractivity (Wildman–Crippen MR) is 74.9 cm³/mol. The first kappa shape index (κ1) is 14.8. The van der Waals surface area contributed by atoms with Crippen LogP contribution in [-0.2, 0) is 10.0 Å². The predicted octanol–water partition coefficient (Wildman–Crippen LogP) is 2.52. The third-order valence-electron chi connectivity index (χ3n) is 4.66. The van der Waals surface area contributed by atoms with Crippen molar-refractivity contribution < 1.29 is 8.42 Å². The molecule has 1 aliphatic carbocycles. The quantitative estimate of drug-likeness (QED) is 0.800. The lowest BCUT2D eigenvalue weighted by molar-refractivity contribution is 0.230. The molecule has 1 aliphatic heterocycles. The summed E-state index contributed by atoms with van der Waals surface area (Å²) in [5.41, 5.74) is -0.336. The van der Waals surface area contributed by atoms with Gasteiger partial charge in [0.25, 0.3) is 0 Å². The number of hydrogen-bond acceptors (Lipinski definition) is 3. The maximum atomic E-state index is 12.4. The second-order valence-electron chi connectivity index (χ2n) is 6.35. The molecular formula is C14H24N2O2S. The van der Waals surface area contributed by atoms with E-state index in [0.717, 1.165) is 12.8 Å². The lowest BCUT2D eigenvalue weighted by Gasteiger charge is -2.35. The van der Waals surface area contributed by atoms with Crippen LogP contribution >= 0.6 is 0 Å². The minimum absolute atomic E-state index is 0.316. The fourth-order valence-electron chi connectivity index (χ4n) is 3.13. The van der Waals surface area contributed by atoms with Crippen LogP contribution in [0, 0.1) is 22.7 Å². The first-order chi connectivity index (χ1) is 8.95. The Morgan fingerprint density at radius 3 is 2.32 bits per heavy atom. The maximum Gasteiger partial charge on any atom is 0.214 e. The molecule has 2 fully saturated rings. The Kier molecular flexibility index (Phi) is 4.52. The summed E-state index contributed by atoms with van der Waals surface area (Å²) in [5, 5.41) is 9.08. The van der Waals surface area contributed by atoms with Crippen LogP contribution in [-0.4, -0.2) is 31.6 Å². The highest BCUT2D eigenvalue weighted by atomic mass is 32.2. The number of sulfonamides is 1. The van der Waals surface area contributed by atoms with Crippen LogP contribution in [0.3, 0.4) is 0 Å². The van der Waals surface area contributed by atoms with Gasteiger partial charge in [-0.25, -0.2) is 12.7 Å². The van der Waals surface area contributed by atoms with E-state index in [0.29, 0.717) is 37.6 Å². The Labute approximate surface area is 116 Å². The third kappa shape index (κ3) is 3.70. The van der Waals surface area contributed by atoms with Crippen LogP contribution in [0.4, 0.5) is 0 Å².